The number of amides is 1. The van der Waals surface area contributed by atoms with Crippen molar-refractivity contribution in [3.05, 3.63) is 29.3 Å². The molecule has 0 saturated carbocycles. The van der Waals surface area contributed by atoms with E-state index >= 15 is 0 Å². The molecule has 110 valence electrons. The van der Waals surface area contributed by atoms with Gasteiger partial charge in [0.05, 0.1) is 13.0 Å². The number of aliphatic carboxylic acids is 1. The molecule has 0 fully saturated rings. The quantitative estimate of drug-likeness (QED) is 0.800. The molecule has 0 saturated heterocycles. The number of nitrogens with zero attached hydrogens (tertiary/aromatic N) is 1. The van der Waals surface area contributed by atoms with Gasteiger partial charge in [-0.1, -0.05) is 13.0 Å². The zero-order chi connectivity index (χ0) is 15.1. The Balaban J connectivity index is 2.54. The summed E-state index contributed by atoms with van der Waals surface area (Å²) in [6, 6.07) is 5.87. The van der Waals surface area contributed by atoms with E-state index in [1.807, 2.05) is 43.9 Å². The summed E-state index contributed by atoms with van der Waals surface area (Å²) in [5.74, 6) is -0.972. The molecule has 0 unspecified atom stereocenters. The second kappa shape index (κ2) is 7.65. The minimum atomic E-state index is -0.849. The highest BCUT2D eigenvalue weighted by atomic mass is 16.4. The van der Waals surface area contributed by atoms with Crippen molar-refractivity contribution in [3.8, 4) is 0 Å². The lowest BCUT2D eigenvalue weighted by Crippen LogP contribution is -2.34. The van der Waals surface area contributed by atoms with Crippen LogP contribution < -0.4 is 5.32 Å². The van der Waals surface area contributed by atoms with E-state index in [-0.39, 0.29) is 18.9 Å². The van der Waals surface area contributed by atoms with Crippen LogP contribution in [0.25, 0.3) is 0 Å². The fourth-order valence-corrected chi connectivity index (χ4v) is 2.05. The third-order valence-corrected chi connectivity index (χ3v) is 2.96. The van der Waals surface area contributed by atoms with Crippen molar-refractivity contribution in [1.29, 1.82) is 0 Å². The largest absolute Gasteiger partial charge is 0.481 e. The van der Waals surface area contributed by atoms with E-state index in [1.165, 1.54) is 0 Å². The molecule has 0 bridgehead atoms. The maximum atomic E-state index is 11.9. The van der Waals surface area contributed by atoms with Gasteiger partial charge < -0.3 is 10.4 Å². The molecule has 1 aromatic rings. The molecule has 0 heterocycles. The van der Waals surface area contributed by atoms with Crippen LogP contribution in [-0.2, 0) is 9.59 Å². The van der Waals surface area contributed by atoms with Crippen LogP contribution in [0.4, 0.5) is 5.69 Å². The molecular formula is C15H22N2O3. The Labute approximate surface area is 119 Å². The van der Waals surface area contributed by atoms with Crippen LogP contribution >= 0.6 is 0 Å². The van der Waals surface area contributed by atoms with E-state index in [9.17, 15) is 9.59 Å². The molecule has 20 heavy (non-hydrogen) atoms. The van der Waals surface area contributed by atoms with Crippen LogP contribution in [-0.4, -0.2) is 41.5 Å². The van der Waals surface area contributed by atoms with E-state index in [1.54, 1.807) is 0 Å². The Hall–Kier alpha value is -1.88. The zero-order valence-corrected chi connectivity index (χ0v) is 12.3. The zero-order valence-electron chi connectivity index (χ0n) is 12.3. The van der Waals surface area contributed by atoms with Crippen molar-refractivity contribution in [2.45, 2.75) is 27.2 Å². The Bertz CT molecular complexity index is 466. The highest BCUT2D eigenvalue weighted by Crippen LogP contribution is 2.13. The molecule has 0 aliphatic rings. The minimum Gasteiger partial charge on any atom is -0.481 e. The summed E-state index contributed by atoms with van der Waals surface area (Å²) in [6.07, 6.45) is 0.0463. The van der Waals surface area contributed by atoms with Crippen molar-refractivity contribution in [1.82, 2.24) is 4.90 Å². The number of hydrogen-bond donors (Lipinski definition) is 2. The summed E-state index contributed by atoms with van der Waals surface area (Å²) in [6.45, 7) is 7.10. The second-order valence-corrected chi connectivity index (χ2v) is 4.94. The standard InChI is InChI=1S/C15H22N2O3/c1-4-17(6-5-15(19)20)10-14(18)16-13-8-11(2)7-12(3)9-13/h7-9H,4-6,10H2,1-3H3,(H,16,18)(H,19,20). The van der Waals surface area contributed by atoms with Gasteiger partial charge in [0.1, 0.15) is 0 Å². The average Bonchev–Trinajstić information content (AvgIpc) is 2.32. The molecule has 0 spiro atoms. The number of carbonyl (C=O) groups excluding carboxylic acids is 1. The SMILES string of the molecule is CCN(CCC(=O)O)CC(=O)Nc1cc(C)cc(C)c1. The topological polar surface area (TPSA) is 69.6 Å². The van der Waals surface area contributed by atoms with Gasteiger partial charge in [0.2, 0.25) is 5.91 Å². The molecule has 5 heteroatoms. The van der Waals surface area contributed by atoms with Crippen molar-refractivity contribution in [3.63, 3.8) is 0 Å². The van der Waals surface area contributed by atoms with Gasteiger partial charge in [0.25, 0.3) is 0 Å². The first-order chi connectivity index (χ1) is 9.40. The summed E-state index contributed by atoms with van der Waals surface area (Å²) >= 11 is 0. The maximum absolute atomic E-state index is 11.9. The van der Waals surface area contributed by atoms with E-state index < -0.39 is 5.97 Å². The first kappa shape index (κ1) is 16.2. The van der Waals surface area contributed by atoms with Gasteiger partial charge in [0.15, 0.2) is 0 Å². The molecule has 2 N–H and O–H groups in total. The summed E-state index contributed by atoms with van der Waals surface area (Å²) in [5, 5.41) is 11.5. The number of nitrogens with one attached hydrogen (secondary N) is 1. The Kier molecular flexibility index (Phi) is 6.18. The predicted molar refractivity (Wildman–Crippen MR) is 78.9 cm³/mol. The lowest BCUT2D eigenvalue weighted by molar-refractivity contribution is -0.137. The fourth-order valence-electron chi connectivity index (χ4n) is 2.05. The van der Waals surface area contributed by atoms with Crippen molar-refractivity contribution in [2.75, 3.05) is 25.0 Å². The van der Waals surface area contributed by atoms with Gasteiger partial charge >= 0.3 is 5.97 Å². The highest BCUT2D eigenvalue weighted by Gasteiger charge is 2.11. The van der Waals surface area contributed by atoms with Gasteiger partial charge in [-0.25, -0.2) is 0 Å². The van der Waals surface area contributed by atoms with E-state index in [4.69, 9.17) is 5.11 Å². The Morgan fingerprint density at radius 1 is 1.20 bits per heavy atom. The van der Waals surface area contributed by atoms with Crippen LogP contribution in [0.5, 0.6) is 0 Å². The van der Waals surface area contributed by atoms with Crippen molar-refractivity contribution < 1.29 is 14.7 Å². The number of anilines is 1. The summed E-state index contributed by atoms with van der Waals surface area (Å²) < 4.78 is 0. The van der Waals surface area contributed by atoms with Crippen LogP contribution in [0.1, 0.15) is 24.5 Å². The molecule has 0 radical (unpaired) electrons. The summed E-state index contributed by atoms with van der Waals surface area (Å²) in [4.78, 5) is 24.3. The van der Waals surface area contributed by atoms with Crippen LogP contribution in [0.15, 0.2) is 18.2 Å². The molecule has 0 aliphatic carbocycles. The van der Waals surface area contributed by atoms with Gasteiger partial charge in [0, 0.05) is 12.2 Å². The van der Waals surface area contributed by atoms with Gasteiger partial charge in [-0.15, -0.1) is 0 Å². The molecule has 1 amide bonds. The number of aryl methyl sites for hydroxylation is 2. The van der Waals surface area contributed by atoms with Crippen LogP contribution in [0.3, 0.4) is 0 Å². The van der Waals surface area contributed by atoms with Crippen LogP contribution in [0.2, 0.25) is 0 Å². The number of carbonyl (C=O) groups is 2. The number of carboxylic acids is 1. The number of benzene rings is 1. The van der Waals surface area contributed by atoms with Gasteiger partial charge in [-0.2, -0.15) is 0 Å². The molecule has 5 nitrogen and oxygen atoms in total. The number of likely N-dealkylation sites (N-methyl/N-ethyl adjacent to an activating group) is 1. The van der Waals surface area contributed by atoms with Crippen molar-refractivity contribution >= 4 is 17.6 Å². The van der Waals surface area contributed by atoms with Gasteiger partial charge in [-0.05, 0) is 43.7 Å². The third kappa shape index (κ3) is 5.84. The lowest BCUT2D eigenvalue weighted by atomic mass is 10.1. The first-order valence-electron chi connectivity index (χ1n) is 6.73. The maximum Gasteiger partial charge on any atom is 0.304 e. The summed E-state index contributed by atoms with van der Waals surface area (Å²) in [5.41, 5.74) is 2.97. The number of hydrogen-bond acceptors (Lipinski definition) is 3. The predicted octanol–water partition coefficient (Wildman–Crippen LogP) is 2.04. The number of rotatable bonds is 7. The Morgan fingerprint density at radius 2 is 1.80 bits per heavy atom. The molecule has 0 atom stereocenters. The smallest absolute Gasteiger partial charge is 0.304 e. The minimum absolute atomic E-state index is 0.0463. The summed E-state index contributed by atoms with van der Waals surface area (Å²) in [7, 11) is 0. The normalized spacial score (nSPS) is 10.6. The highest BCUT2D eigenvalue weighted by molar-refractivity contribution is 5.92. The van der Waals surface area contributed by atoms with E-state index in [0.29, 0.717) is 13.1 Å². The van der Waals surface area contributed by atoms with Crippen molar-refractivity contribution in [2.24, 2.45) is 0 Å². The second-order valence-electron chi connectivity index (χ2n) is 4.94. The number of carboxylic acid groups (broad SMARTS) is 1. The lowest BCUT2D eigenvalue weighted by Gasteiger charge is -2.19. The molecule has 0 aliphatic heterocycles. The molecular weight excluding hydrogens is 256 g/mol. The molecule has 0 aromatic heterocycles. The van der Waals surface area contributed by atoms with Gasteiger partial charge in [-0.3, -0.25) is 14.5 Å². The first-order valence-corrected chi connectivity index (χ1v) is 6.73. The van der Waals surface area contributed by atoms with Crippen LogP contribution in [0, 0.1) is 13.8 Å². The molecule has 1 aromatic carbocycles. The third-order valence-electron chi connectivity index (χ3n) is 2.96. The van der Waals surface area contributed by atoms with E-state index in [2.05, 4.69) is 5.32 Å². The average molecular weight is 278 g/mol. The monoisotopic (exact) mass is 278 g/mol. The Morgan fingerprint density at radius 3 is 2.30 bits per heavy atom. The molecule has 1 rings (SSSR count). The fraction of sp³-hybridized carbons (Fsp3) is 0.467. The van der Waals surface area contributed by atoms with E-state index in [0.717, 1.165) is 16.8 Å².